The summed E-state index contributed by atoms with van der Waals surface area (Å²) in [6.07, 6.45) is 1.72. The summed E-state index contributed by atoms with van der Waals surface area (Å²) in [5, 5.41) is 9.10. The third kappa shape index (κ3) is 4.31. The highest BCUT2D eigenvalue weighted by Crippen LogP contribution is 2.21. The van der Waals surface area contributed by atoms with Crippen LogP contribution in [0.4, 0.5) is 5.69 Å². The molecule has 4 heteroatoms. The number of carboxylic acid groups (broad SMARTS) is 1. The average molecular weight is 284 g/mol. The normalized spacial score (nSPS) is 10.6. The number of hydrogen-bond donors (Lipinski definition) is 1. The molecule has 4 nitrogen and oxygen atoms in total. The molecule has 2 rings (SSSR count). The lowest BCUT2D eigenvalue weighted by Crippen LogP contribution is -2.29. The molecule has 2 aromatic rings. The van der Waals surface area contributed by atoms with Crippen molar-refractivity contribution in [2.45, 2.75) is 26.3 Å². The van der Waals surface area contributed by atoms with Gasteiger partial charge in [0.1, 0.15) is 6.54 Å². The van der Waals surface area contributed by atoms with Gasteiger partial charge in [0.15, 0.2) is 0 Å². The average Bonchev–Trinajstić information content (AvgIpc) is 2.47. The van der Waals surface area contributed by atoms with E-state index in [9.17, 15) is 4.79 Å². The Hall–Kier alpha value is -2.36. The zero-order valence-corrected chi connectivity index (χ0v) is 12.4. The van der Waals surface area contributed by atoms with E-state index < -0.39 is 5.97 Å². The fourth-order valence-corrected chi connectivity index (χ4v) is 2.16. The first kappa shape index (κ1) is 15.0. The molecule has 21 heavy (non-hydrogen) atoms. The molecule has 1 heterocycles. The van der Waals surface area contributed by atoms with Crippen LogP contribution >= 0.6 is 0 Å². The van der Waals surface area contributed by atoms with Crippen molar-refractivity contribution in [1.29, 1.82) is 0 Å². The molecular formula is C17H20N2O2. The van der Waals surface area contributed by atoms with Crippen molar-refractivity contribution in [2.24, 2.45) is 0 Å². The van der Waals surface area contributed by atoms with E-state index in [4.69, 9.17) is 5.11 Å². The number of anilines is 1. The minimum atomic E-state index is -0.848. The molecule has 0 bridgehead atoms. The lowest BCUT2D eigenvalue weighted by molar-refractivity contribution is -0.135. The van der Waals surface area contributed by atoms with Crippen LogP contribution in [0.25, 0.3) is 0 Å². The number of carboxylic acids is 1. The van der Waals surface area contributed by atoms with Crippen LogP contribution in [0.1, 0.15) is 31.0 Å². The van der Waals surface area contributed by atoms with Crippen molar-refractivity contribution in [3.63, 3.8) is 0 Å². The standard InChI is InChI=1S/C17H20N2O2/c1-13(2)14-6-8-16(9-7-14)19(12-17(20)21)11-15-5-3-4-10-18-15/h3-10,13H,11-12H2,1-2H3,(H,20,21). The maximum atomic E-state index is 11.1. The molecule has 1 aromatic heterocycles. The van der Waals surface area contributed by atoms with E-state index in [1.807, 2.05) is 47.4 Å². The van der Waals surface area contributed by atoms with E-state index in [0.717, 1.165) is 11.4 Å². The van der Waals surface area contributed by atoms with E-state index in [0.29, 0.717) is 12.5 Å². The van der Waals surface area contributed by atoms with Gasteiger partial charge in [0.05, 0.1) is 12.2 Å². The quantitative estimate of drug-likeness (QED) is 0.884. The second-order valence-corrected chi connectivity index (χ2v) is 5.32. The van der Waals surface area contributed by atoms with Gasteiger partial charge in [-0.1, -0.05) is 32.0 Å². The van der Waals surface area contributed by atoms with Gasteiger partial charge in [0.2, 0.25) is 0 Å². The Morgan fingerprint density at radius 2 is 1.90 bits per heavy atom. The van der Waals surface area contributed by atoms with Crippen molar-refractivity contribution < 1.29 is 9.90 Å². The summed E-state index contributed by atoms with van der Waals surface area (Å²) < 4.78 is 0. The third-order valence-electron chi connectivity index (χ3n) is 3.33. The number of aromatic nitrogens is 1. The van der Waals surface area contributed by atoms with Gasteiger partial charge in [-0.05, 0) is 35.7 Å². The second-order valence-electron chi connectivity index (χ2n) is 5.32. The zero-order valence-electron chi connectivity index (χ0n) is 12.4. The number of pyridine rings is 1. The largest absolute Gasteiger partial charge is 0.480 e. The molecule has 0 aliphatic carbocycles. The summed E-state index contributed by atoms with van der Waals surface area (Å²) >= 11 is 0. The highest BCUT2D eigenvalue weighted by molar-refractivity contribution is 5.73. The molecule has 0 radical (unpaired) electrons. The van der Waals surface area contributed by atoms with Gasteiger partial charge in [0, 0.05) is 11.9 Å². The number of aliphatic carboxylic acids is 1. The maximum absolute atomic E-state index is 11.1. The number of carbonyl (C=O) groups is 1. The summed E-state index contributed by atoms with van der Waals surface area (Å²) in [5.74, 6) is -0.387. The Balaban J connectivity index is 2.21. The molecule has 0 saturated carbocycles. The van der Waals surface area contributed by atoms with Crippen molar-refractivity contribution >= 4 is 11.7 Å². The third-order valence-corrected chi connectivity index (χ3v) is 3.33. The van der Waals surface area contributed by atoms with Crippen molar-refractivity contribution in [2.75, 3.05) is 11.4 Å². The molecule has 110 valence electrons. The summed E-state index contributed by atoms with van der Waals surface area (Å²) in [7, 11) is 0. The number of benzene rings is 1. The van der Waals surface area contributed by atoms with Gasteiger partial charge in [-0.3, -0.25) is 9.78 Å². The predicted octanol–water partition coefficient (Wildman–Crippen LogP) is 3.30. The fourth-order valence-electron chi connectivity index (χ4n) is 2.16. The van der Waals surface area contributed by atoms with E-state index in [1.165, 1.54) is 5.56 Å². The molecule has 1 N–H and O–H groups in total. The summed E-state index contributed by atoms with van der Waals surface area (Å²) in [6, 6.07) is 13.7. The molecule has 0 aliphatic rings. The molecular weight excluding hydrogens is 264 g/mol. The fraction of sp³-hybridized carbons (Fsp3) is 0.294. The maximum Gasteiger partial charge on any atom is 0.323 e. The van der Waals surface area contributed by atoms with Crippen LogP contribution in [-0.4, -0.2) is 22.6 Å². The molecule has 0 unspecified atom stereocenters. The first-order valence-electron chi connectivity index (χ1n) is 7.03. The molecule has 0 fully saturated rings. The Labute approximate surface area is 125 Å². The highest BCUT2D eigenvalue weighted by atomic mass is 16.4. The smallest absolute Gasteiger partial charge is 0.323 e. The van der Waals surface area contributed by atoms with Crippen molar-refractivity contribution in [3.05, 3.63) is 59.9 Å². The highest BCUT2D eigenvalue weighted by Gasteiger charge is 2.12. The minimum Gasteiger partial charge on any atom is -0.480 e. The molecule has 0 aliphatic heterocycles. The first-order chi connectivity index (χ1) is 10.1. The van der Waals surface area contributed by atoms with Crippen LogP contribution in [0.2, 0.25) is 0 Å². The van der Waals surface area contributed by atoms with Gasteiger partial charge < -0.3 is 10.0 Å². The Bertz CT molecular complexity index is 579. The number of rotatable bonds is 6. The molecule has 0 amide bonds. The molecule has 0 saturated heterocycles. The summed E-state index contributed by atoms with van der Waals surface area (Å²) in [5.41, 5.74) is 2.99. The van der Waals surface area contributed by atoms with Crippen LogP contribution in [0, 0.1) is 0 Å². The second kappa shape index (κ2) is 6.88. The predicted molar refractivity (Wildman–Crippen MR) is 83.5 cm³/mol. The van der Waals surface area contributed by atoms with Gasteiger partial charge in [0.25, 0.3) is 0 Å². The van der Waals surface area contributed by atoms with Crippen LogP contribution in [0.5, 0.6) is 0 Å². The Kier molecular flexibility index (Phi) is 4.93. The van der Waals surface area contributed by atoms with Crippen LogP contribution in [-0.2, 0) is 11.3 Å². The Morgan fingerprint density at radius 1 is 1.19 bits per heavy atom. The van der Waals surface area contributed by atoms with E-state index in [2.05, 4.69) is 18.8 Å². The van der Waals surface area contributed by atoms with Crippen molar-refractivity contribution in [3.8, 4) is 0 Å². The van der Waals surface area contributed by atoms with E-state index in [1.54, 1.807) is 6.20 Å². The number of hydrogen-bond acceptors (Lipinski definition) is 3. The van der Waals surface area contributed by atoms with Gasteiger partial charge in [-0.15, -0.1) is 0 Å². The summed E-state index contributed by atoms with van der Waals surface area (Å²) in [4.78, 5) is 17.2. The van der Waals surface area contributed by atoms with Crippen molar-refractivity contribution in [1.82, 2.24) is 4.98 Å². The first-order valence-corrected chi connectivity index (χ1v) is 7.03. The van der Waals surface area contributed by atoms with Crippen LogP contribution in [0.15, 0.2) is 48.7 Å². The lowest BCUT2D eigenvalue weighted by atomic mass is 10.0. The monoisotopic (exact) mass is 284 g/mol. The van der Waals surface area contributed by atoms with Crippen LogP contribution in [0.3, 0.4) is 0 Å². The summed E-state index contributed by atoms with van der Waals surface area (Å²) in [6.45, 7) is 4.71. The van der Waals surface area contributed by atoms with Gasteiger partial charge >= 0.3 is 5.97 Å². The van der Waals surface area contributed by atoms with Gasteiger partial charge in [-0.2, -0.15) is 0 Å². The zero-order chi connectivity index (χ0) is 15.2. The minimum absolute atomic E-state index is 0.0440. The Morgan fingerprint density at radius 3 is 2.43 bits per heavy atom. The topological polar surface area (TPSA) is 53.4 Å². The number of nitrogens with zero attached hydrogens (tertiary/aromatic N) is 2. The van der Waals surface area contributed by atoms with E-state index in [-0.39, 0.29) is 6.54 Å². The lowest BCUT2D eigenvalue weighted by Gasteiger charge is -2.23. The van der Waals surface area contributed by atoms with Gasteiger partial charge in [-0.25, -0.2) is 0 Å². The van der Waals surface area contributed by atoms with Crippen LogP contribution < -0.4 is 4.90 Å². The molecule has 1 aromatic carbocycles. The van der Waals surface area contributed by atoms with E-state index >= 15 is 0 Å². The SMILES string of the molecule is CC(C)c1ccc(N(CC(=O)O)Cc2ccccn2)cc1. The molecule has 0 atom stereocenters. The molecule has 0 spiro atoms.